The summed E-state index contributed by atoms with van der Waals surface area (Å²) in [6.07, 6.45) is 5.10. The zero-order valence-electron chi connectivity index (χ0n) is 15.0. The van der Waals surface area contributed by atoms with Gasteiger partial charge in [-0.25, -0.2) is 4.79 Å². The zero-order valence-corrected chi connectivity index (χ0v) is 15.0. The molecule has 0 spiro atoms. The van der Waals surface area contributed by atoms with Gasteiger partial charge in [-0.3, -0.25) is 10.1 Å². The van der Waals surface area contributed by atoms with Crippen LogP contribution >= 0.6 is 0 Å². The van der Waals surface area contributed by atoms with E-state index in [1.807, 2.05) is 39.0 Å². The van der Waals surface area contributed by atoms with Crippen molar-refractivity contribution in [2.24, 2.45) is 0 Å². The van der Waals surface area contributed by atoms with Gasteiger partial charge in [0.15, 0.2) is 5.82 Å². The van der Waals surface area contributed by atoms with Crippen molar-refractivity contribution < 1.29 is 9.53 Å². The molecule has 134 valence electrons. The Morgan fingerprint density at radius 3 is 2.84 bits per heavy atom. The number of aromatic nitrogens is 3. The van der Waals surface area contributed by atoms with Crippen molar-refractivity contribution >= 4 is 11.9 Å². The highest BCUT2D eigenvalue weighted by molar-refractivity contribution is 5.68. The number of pyridine rings is 1. The Kier molecular flexibility index (Phi) is 4.92. The van der Waals surface area contributed by atoms with Gasteiger partial charge in [-0.15, -0.1) is 0 Å². The van der Waals surface area contributed by atoms with Crippen LogP contribution in [0.25, 0.3) is 11.3 Å². The number of carbonyl (C=O) groups is 1. The third-order valence-electron chi connectivity index (χ3n) is 4.02. The lowest BCUT2D eigenvalue weighted by Crippen LogP contribution is -2.49. The molecule has 2 aromatic heterocycles. The summed E-state index contributed by atoms with van der Waals surface area (Å²) < 4.78 is 5.35. The Labute approximate surface area is 147 Å². The van der Waals surface area contributed by atoms with Crippen molar-refractivity contribution in [3.63, 3.8) is 0 Å². The summed E-state index contributed by atoms with van der Waals surface area (Å²) in [5.41, 5.74) is 1.52. The van der Waals surface area contributed by atoms with E-state index in [2.05, 4.69) is 25.4 Å². The van der Waals surface area contributed by atoms with Crippen molar-refractivity contribution in [2.75, 3.05) is 18.0 Å². The van der Waals surface area contributed by atoms with Crippen molar-refractivity contribution in [1.82, 2.24) is 20.5 Å². The molecule has 1 saturated heterocycles. The molecule has 25 heavy (non-hydrogen) atoms. The van der Waals surface area contributed by atoms with Crippen LogP contribution in [-0.4, -0.2) is 46.0 Å². The number of hydrogen-bond donors (Lipinski definition) is 2. The van der Waals surface area contributed by atoms with Gasteiger partial charge in [0.25, 0.3) is 0 Å². The average Bonchev–Trinajstić information content (AvgIpc) is 3.04. The molecule has 3 rings (SSSR count). The van der Waals surface area contributed by atoms with Gasteiger partial charge in [-0.2, -0.15) is 5.10 Å². The number of ether oxygens (including phenoxy) is 1. The summed E-state index contributed by atoms with van der Waals surface area (Å²) >= 11 is 0. The van der Waals surface area contributed by atoms with Crippen LogP contribution in [0, 0.1) is 0 Å². The summed E-state index contributed by atoms with van der Waals surface area (Å²) in [5, 5.41) is 10.5. The molecule has 1 amide bonds. The van der Waals surface area contributed by atoms with Gasteiger partial charge >= 0.3 is 6.09 Å². The van der Waals surface area contributed by atoms with Crippen LogP contribution in [0.2, 0.25) is 0 Å². The van der Waals surface area contributed by atoms with Gasteiger partial charge in [0.2, 0.25) is 0 Å². The van der Waals surface area contributed by atoms with E-state index in [0.29, 0.717) is 0 Å². The van der Waals surface area contributed by atoms with Crippen molar-refractivity contribution in [2.45, 2.75) is 45.3 Å². The van der Waals surface area contributed by atoms with Crippen molar-refractivity contribution in [1.29, 1.82) is 0 Å². The van der Waals surface area contributed by atoms with E-state index in [1.54, 1.807) is 12.4 Å². The second-order valence-electron chi connectivity index (χ2n) is 7.31. The minimum Gasteiger partial charge on any atom is -0.444 e. The Balaban J connectivity index is 1.62. The Hall–Kier alpha value is -2.57. The maximum atomic E-state index is 12.0. The van der Waals surface area contributed by atoms with Gasteiger partial charge < -0.3 is 15.0 Å². The smallest absolute Gasteiger partial charge is 0.407 e. The number of H-pyrrole nitrogens is 1. The number of anilines is 1. The standard InChI is InChI=1S/C18H25N5O2/c1-18(2,3)25-17(24)20-14-5-4-10-23(12-14)16-11-15(21-22-16)13-6-8-19-9-7-13/h6-9,11,14H,4-5,10,12H2,1-3H3,(H,20,24)(H,21,22). The maximum absolute atomic E-state index is 12.0. The summed E-state index contributed by atoms with van der Waals surface area (Å²) in [6.45, 7) is 7.24. The number of alkyl carbamates (subject to hydrolysis) is 1. The first kappa shape index (κ1) is 17.3. The van der Waals surface area contributed by atoms with E-state index in [0.717, 1.165) is 43.0 Å². The number of aromatic amines is 1. The first-order valence-electron chi connectivity index (χ1n) is 8.61. The molecule has 0 aliphatic carbocycles. The SMILES string of the molecule is CC(C)(C)OC(=O)NC1CCCN(c2cc(-c3ccncc3)[nH]n2)C1. The molecular formula is C18H25N5O2. The number of hydrogen-bond acceptors (Lipinski definition) is 5. The molecule has 1 aliphatic rings. The minimum absolute atomic E-state index is 0.0599. The maximum Gasteiger partial charge on any atom is 0.407 e. The topological polar surface area (TPSA) is 83.1 Å². The van der Waals surface area contributed by atoms with E-state index >= 15 is 0 Å². The normalized spacial score (nSPS) is 18.0. The number of nitrogens with zero attached hydrogens (tertiary/aromatic N) is 3. The first-order chi connectivity index (χ1) is 11.9. The molecular weight excluding hydrogens is 318 g/mol. The Bertz CT molecular complexity index is 708. The van der Waals surface area contributed by atoms with E-state index < -0.39 is 5.60 Å². The van der Waals surface area contributed by atoms with Crippen LogP contribution in [0.15, 0.2) is 30.6 Å². The first-order valence-corrected chi connectivity index (χ1v) is 8.61. The molecule has 0 radical (unpaired) electrons. The second kappa shape index (κ2) is 7.13. The highest BCUT2D eigenvalue weighted by Crippen LogP contribution is 2.23. The van der Waals surface area contributed by atoms with Gasteiger partial charge in [0.05, 0.1) is 5.69 Å². The number of nitrogens with one attached hydrogen (secondary N) is 2. The predicted octanol–water partition coefficient (Wildman–Crippen LogP) is 2.97. The van der Waals surface area contributed by atoms with Gasteiger partial charge in [-0.05, 0) is 45.7 Å². The molecule has 0 saturated carbocycles. The zero-order chi connectivity index (χ0) is 17.9. The molecule has 1 fully saturated rings. The van der Waals surface area contributed by atoms with E-state index in [1.165, 1.54) is 0 Å². The highest BCUT2D eigenvalue weighted by Gasteiger charge is 2.25. The third kappa shape index (κ3) is 4.71. The molecule has 0 bridgehead atoms. The van der Waals surface area contributed by atoms with Gasteiger partial charge in [-0.1, -0.05) is 0 Å². The van der Waals surface area contributed by atoms with Crippen LogP contribution < -0.4 is 10.2 Å². The predicted molar refractivity (Wildman–Crippen MR) is 96.4 cm³/mol. The van der Waals surface area contributed by atoms with Crippen LogP contribution in [0.4, 0.5) is 10.6 Å². The lowest BCUT2D eigenvalue weighted by molar-refractivity contribution is 0.0500. The summed E-state index contributed by atoms with van der Waals surface area (Å²) in [7, 11) is 0. The quantitative estimate of drug-likeness (QED) is 0.895. The summed E-state index contributed by atoms with van der Waals surface area (Å²) in [6, 6.07) is 5.98. The molecule has 1 aliphatic heterocycles. The fourth-order valence-corrected chi connectivity index (χ4v) is 2.93. The number of carbonyl (C=O) groups excluding carboxylic acids is 1. The fraction of sp³-hybridized carbons (Fsp3) is 0.500. The summed E-state index contributed by atoms with van der Waals surface area (Å²) in [4.78, 5) is 18.2. The molecule has 7 heteroatoms. The van der Waals surface area contributed by atoms with Crippen molar-refractivity contribution in [3.8, 4) is 11.3 Å². The number of amides is 1. The van der Waals surface area contributed by atoms with E-state index in [4.69, 9.17) is 4.74 Å². The second-order valence-corrected chi connectivity index (χ2v) is 7.31. The molecule has 0 aromatic carbocycles. The van der Waals surface area contributed by atoms with Gasteiger partial charge in [0, 0.05) is 43.2 Å². The molecule has 2 aromatic rings. The van der Waals surface area contributed by atoms with E-state index in [-0.39, 0.29) is 12.1 Å². The van der Waals surface area contributed by atoms with Crippen molar-refractivity contribution in [3.05, 3.63) is 30.6 Å². The molecule has 1 unspecified atom stereocenters. The van der Waals surface area contributed by atoms with E-state index in [9.17, 15) is 4.79 Å². The minimum atomic E-state index is -0.486. The average molecular weight is 343 g/mol. The summed E-state index contributed by atoms with van der Waals surface area (Å²) in [5.74, 6) is 0.891. The molecule has 3 heterocycles. The largest absolute Gasteiger partial charge is 0.444 e. The van der Waals surface area contributed by atoms with Crippen LogP contribution in [0.1, 0.15) is 33.6 Å². The monoisotopic (exact) mass is 343 g/mol. The van der Waals surface area contributed by atoms with Crippen LogP contribution in [0.5, 0.6) is 0 Å². The fourth-order valence-electron chi connectivity index (χ4n) is 2.93. The number of rotatable bonds is 3. The highest BCUT2D eigenvalue weighted by atomic mass is 16.6. The van der Waals surface area contributed by atoms with Crippen LogP contribution in [-0.2, 0) is 4.74 Å². The van der Waals surface area contributed by atoms with Crippen LogP contribution in [0.3, 0.4) is 0 Å². The Morgan fingerprint density at radius 1 is 1.36 bits per heavy atom. The molecule has 7 nitrogen and oxygen atoms in total. The Morgan fingerprint density at radius 2 is 2.12 bits per heavy atom. The lowest BCUT2D eigenvalue weighted by Gasteiger charge is -2.33. The number of piperidine rings is 1. The molecule has 2 N–H and O–H groups in total. The molecule has 1 atom stereocenters. The third-order valence-corrected chi connectivity index (χ3v) is 4.02. The lowest BCUT2D eigenvalue weighted by atomic mass is 10.1. The van der Waals surface area contributed by atoms with Gasteiger partial charge in [0.1, 0.15) is 5.60 Å².